The average molecular weight is 225 g/mol. The van der Waals surface area contributed by atoms with Crippen LogP contribution in [0.2, 0.25) is 0 Å². The Morgan fingerprint density at radius 1 is 0.941 bits per heavy atom. The molecule has 2 heteroatoms. The molecule has 0 saturated heterocycles. The molecule has 0 atom stereocenters. The van der Waals surface area contributed by atoms with E-state index in [1.165, 1.54) is 0 Å². The van der Waals surface area contributed by atoms with Crippen LogP contribution in [0.25, 0.3) is 0 Å². The van der Waals surface area contributed by atoms with Crippen molar-refractivity contribution < 1.29 is 4.74 Å². The van der Waals surface area contributed by atoms with Crippen LogP contribution in [0.3, 0.4) is 0 Å². The lowest BCUT2D eigenvalue weighted by atomic mass is 10.3. The largest absolute Gasteiger partial charge is 0.457 e. The second kappa shape index (κ2) is 5.75. The summed E-state index contributed by atoms with van der Waals surface area (Å²) in [7, 11) is 0. The third-order valence-electron chi connectivity index (χ3n) is 2.28. The van der Waals surface area contributed by atoms with Gasteiger partial charge in [-0.25, -0.2) is 0 Å². The van der Waals surface area contributed by atoms with Crippen LogP contribution in [0.4, 0.5) is 5.69 Å². The number of hydrogen-bond acceptors (Lipinski definition) is 2. The third kappa shape index (κ3) is 3.38. The Kier molecular flexibility index (Phi) is 3.81. The monoisotopic (exact) mass is 225 g/mol. The third-order valence-corrected chi connectivity index (χ3v) is 2.28. The molecule has 2 aromatic carbocycles. The van der Waals surface area contributed by atoms with Gasteiger partial charge in [-0.1, -0.05) is 24.3 Å². The van der Waals surface area contributed by atoms with Crippen molar-refractivity contribution >= 4 is 5.69 Å². The Morgan fingerprint density at radius 2 is 1.59 bits per heavy atom. The molecule has 0 aromatic heterocycles. The molecule has 0 aliphatic rings. The maximum atomic E-state index is 5.69. The Hall–Kier alpha value is -2.22. The summed E-state index contributed by atoms with van der Waals surface area (Å²) in [5, 5.41) is 3.21. The van der Waals surface area contributed by atoms with Crippen LogP contribution in [0.15, 0.2) is 67.3 Å². The minimum Gasteiger partial charge on any atom is -0.457 e. The second-order valence-electron chi connectivity index (χ2n) is 3.61. The van der Waals surface area contributed by atoms with E-state index in [0.29, 0.717) is 0 Å². The van der Waals surface area contributed by atoms with Crippen molar-refractivity contribution in [3.05, 3.63) is 67.3 Å². The van der Waals surface area contributed by atoms with Gasteiger partial charge in [0.1, 0.15) is 11.5 Å². The summed E-state index contributed by atoms with van der Waals surface area (Å²) < 4.78 is 5.69. The first kappa shape index (κ1) is 11.3. The van der Waals surface area contributed by atoms with Crippen molar-refractivity contribution in [2.75, 3.05) is 11.9 Å². The number of hydrogen-bond donors (Lipinski definition) is 1. The van der Waals surface area contributed by atoms with Crippen molar-refractivity contribution in [3.63, 3.8) is 0 Å². The summed E-state index contributed by atoms with van der Waals surface area (Å²) in [4.78, 5) is 0. The highest BCUT2D eigenvalue weighted by Gasteiger charge is 1.96. The predicted molar refractivity (Wildman–Crippen MR) is 71.6 cm³/mol. The van der Waals surface area contributed by atoms with Crippen LogP contribution < -0.4 is 10.1 Å². The van der Waals surface area contributed by atoms with Crippen LogP contribution in [0.1, 0.15) is 0 Å². The maximum Gasteiger partial charge on any atom is 0.127 e. The summed E-state index contributed by atoms with van der Waals surface area (Å²) in [6, 6.07) is 17.6. The van der Waals surface area contributed by atoms with E-state index in [2.05, 4.69) is 11.9 Å². The predicted octanol–water partition coefficient (Wildman–Crippen LogP) is 4.08. The lowest BCUT2D eigenvalue weighted by Gasteiger charge is -2.07. The van der Waals surface area contributed by atoms with E-state index in [9.17, 15) is 0 Å². The van der Waals surface area contributed by atoms with Gasteiger partial charge in [-0.3, -0.25) is 0 Å². The van der Waals surface area contributed by atoms with Gasteiger partial charge in [-0.2, -0.15) is 0 Å². The van der Waals surface area contributed by atoms with Gasteiger partial charge in [-0.05, 0) is 36.4 Å². The molecule has 0 spiro atoms. The first-order chi connectivity index (χ1) is 8.38. The van der Waals surface area contributed by atoms with Crippen LogP contribution >= 0.6 is 0 Å². The molecule has 0 amide bonds. The topological polar surface area (TPSA) is 21.3 Å². The fourth-order valence-electron chi connectivity index (χ4n) is 1.46. The van der Waals surface area contributed by atoms with E-state index in [0.717, 1.165) is 23.7 Å². The normalized spacial score (nSPS) is 9.65. The molecular formula is C15H15NO. The van der Waals surface area contributed by atoms with Gasteiger partial charge in [-0.15, -0.1) is 6.58 Å². The molecule has 0 radical (unpaired) electrons. The highest BCUT2D eigenvalue weighted by atomic mass is 16.5. The van der Waals surface area contributed by atoms with Gasteiger partial charge in [0.15, 0.2) is 0 Å². The fraction of sp³-hybridized carbons (Fsp3) is 0.0667. The summed E-state index contributed by atoms with van der Waals surface area (Å²) in [6.07, 6.45) is 1.83. The van der Waals surface area contributed by atoms with Gasteiger partial charge in [0.25, 0.3) is 0 Å². The van der Waals surface area contributed by atoms with E-state index in [1.807, 2.05) is 60.7 Å². The Morgan fingerprint density at radius 3 is 2.24 bits per heavy atom. The molecule has 0 saturated carbocycles. The highest BCUT2D eigenvalue weighted by Crippen LogP contribution is 2.22. The smallest absolute Gasteiger partial charge is 0.127 e. The Balaban J connectivity index is 2.01. The van der Waals surface area contributed by atoms with E-state index in [1.54, 1.807) is 0 Å². The molecule has 0 aliphatic heterocycles. The molecule has 0 aliphatic carbocycles. The van der Waals surface area contributed by atoms with Crippen LogP contribution in [-0.2, 0) is 0 Å². The van der Waals surface area contributed by atoms with E-state index in [4.69, 9.17) is 4.74 Å². The number of nitrogens with one attached hydrogen (secondary N) is 1. The molecule has 2 rings (SSSR count). The molecule has 0 heterocycles. The quantitative estimate of drug-likeness (QED) is 0.774. The van der Waals surface area contributed by atoms with Crippen molar-refractivity contribution in [1.82, 2.24) is 0 Å². The lowest BCUT2D eigenvalue weighted by molar-refractivity contribution is 0.483. The Labute approximate surface area is 102 Å². The molecule has 86 valence electrons. The molecule has 1 N–H and O–H groups in total. The zero-order chi connectivity index (χ0) is 11.9. The summed E-state index contributed by atoms with van der Waals surface area (Å²) >= 11 is 0. The minimum atomic E-state index is 0.763. The summed E-state index contributed by atoms with van der Waals surface area (Å²) in [6.45, 7) is 4.42. The van der Waals surface area contributed by atoms with Gasteiger partial charge in [0.2, 0.25) is 0 Å². The van der Waals surface area contributed by atoms with Gasteiger partial charge >= 0.3 is 0 Å². The molecule has 2 nitrogen and oxygen atoms in total. The molecule has 0 bridgehead atoms. The fourth-order valence-corrected chi connectivity index (χ4v) is 1.46. The van der Waals surface area contributed by atoms with Crippen molar-refractivity contribution in [3.8, 4) is 11.5 Å². The summed E-state index contributed by atoms with van der Waals surface area (Å²) in [5.41, 5.74) is 1.06. The first-order valence-corrected chi connectivity index (χ1v) is 5.56. The van der Waals surface area contributed by atoms with E-state index >= 15 is 0 Å². The number of benzene rings is 2. The molecule has 0 fully saturated rings. The van der Waals surface area contributed by atoms with Crippen LogP contribution in [-0.4, -0.2) is 6.54 Å². The first-order valence-electron chi connectivity index (χ1n) is 5.56. The van der Waals surface area contributed by atoms with Gasteiger partial charge in [0, 0.05) is 12.2 Å². The zero-order valence-electron chi connectivity index (χ0n) is 9.60. The molecular weight excluding hydrogens is 210 g/mol. The number of para-hydroxylation sites is 1. The maximum absolute atomic E-state index is 5.69. The molecule has 2 aromatic rings. The van der Waals surface area contributed by atoms with Gasteiger partial charge in [0.05, 0.1) is 0 Å². The van der Waals surface area contributed by atoms with Crippen molar-refractivity contribution in [2.45, 2.75) is 0 Å². The standard InChI is InChI=1S/C15H15NO/c1-2-12-16-13-8-10-15(11-9-13)17-14-6-4-3-5-7-14/h2-11,16H,1,12H2. The zero-order valence-corrected chi connectivity index (χ0v) is 9.60. The SMILES string of the molecule is C=CCNc1ccc(Oc2ccccc2)cc1. The number of rotatable bonds is 5. The summed E-state index contributed by atoms with van der Waals surface area (Å²) in [5.74, 6) is 1.68. The average Bonchev–Trinajstić information content (AvgIpc) is 2.39. The van der Waals surface area contributed by atoms with Crippen molar-refractivity contribution in [2.24, 2.45) is 0 Å². The highest BCUT2D eigenvalue weighted by molar-refractivity contribution is 5.47. The van der Waals surface area contributed by atoms with E-state index < -0.39 is 0 Å². The van der Waals surface area contributed by atoms with Gasteiger partial charge < -0.3 is 10.1 Å². The van der Waals surface area contributed by atoms with Crippen molar-refractivity contribution in [1.29, 1.82) is 0 Å². The number of ether oxygens (including phenoxy) is 1. The Bertz CT molecular complexity index is 462. The lowest BCUT2D eigenvalue weighted by Crippen LogP contribution is -1.96. The van der Waals surface area contributed by atoms with E-state index in [-0.39, 0.29) is 0 Å². The second-order valence-corrected chi connectivity index (χ2v) is 3.61. The molecule has 17 heavy (non-hydrogen) atoms. The number of anilines is 1. The minimum absolute atomic E-state index is 0.763. The van der Waals surface area contributed by atoms with Crippen LogP contribution in [0.5, 0.6) is 11.5 Å². The van der Waals surface area contributed by atoms with Crippen LogP contribution in [0, 0.1) is 0 Å². The molecule has 0 unspecified atom stereocenters.